The first-order chi connectivity index (χ1) is 14.2. The van der Waals surface area contributed by atoms with E-state index in [1.807, 2.05) is 6.07 Å². The molecule has 3 rings (SSSR count). The van der Waals surface area contributed by atoms with E-state index in [2.05, 4.69) is 16.8 Å². The number of carbonyl (C=O) groups is 1. The van der Waals surface area contributed by atoms with E-state index in [1.54, 1.807) is 18.5 Å². The van der Waals surface area contributed by atoms with Crippen molar-refractivity contribution in [3.63, 3.8) is 0 Å². The Balaban J connectivity index is 1.98. The first kappa shape index (κ1) is 20.9. The van der Waals surface area contributed by atoms with E-state index in [0.29, 0.717) is 30.0 Å². The van der Waals surface area contributed by atoms with E-state index >= 15 is 0 Å². The molecular weight excluding hydrogens is 395 g/mol. The van der Waals surface area contributed by atoms with Crippen LogP contribution in [0.15, 0.2) is 60.9 Å². The molecule has 4 nitrogen and oxygen atoms in total. The summed E-state index contributed by atoms with van der Waals surface area (Å²) in [5.41, 5.74) is 0.746. The Kier molecular flexibility index (Phi) is 6.07. The SMILES string of the molecule is O=C(O)c1ccc(C#Cc2ccc(O)cc2C(F)(F)F)c(CCc2cccnc2)c1. The second kappa shape index (κ2) is 8.70. The second-order valence-electron chi connectivity index (χ2n) is 6.52. The molecule has 0 aliphatic heterocycles. The van der Waals surface area contributed by atoms with Crippen molar-refractivity contribution in [3.05, 3.63) is 94.3 Å². The Morgan fingerprint density at radius 2 is 1.73 bits per heavy atom. The molecule has 0 bridgehead atoms. The maximum atomic E-state index is 13.2. The monoisotopic (exact) mass is 411 g/mol. The van der Waals surface area contributed by atoms with Crippen LogP contribution in [0, 0.1) is 11.8 Å². The van der Waals surface area contributed by atoms with Crippen molar-refractivity contribution in [2.24, 2.45) is 0 Å². The van der Waals surface area contributed by atoms with E-state index < -0.39 is 23.5 Å². The number of pyridine rings is 1. The molecule has 0 saturated carbocycles. The molecule has 0 amide bonds. The molecule has 0 spiro atoms. The fourth-order valence-corrected chi connectivity index (χ4v) is 2.89. The van der Waals surface area contributed by atoms with Crippen LogP contribution in [0.4, 0.5) is 13.2 Å². The second-order valence-corrected chi connectivity index (χ2v) is 6.52. The molecule has 0 saturated heterocycles. The van der Waals surface area contributed by atoms with Crippen LogP contribution in [0.25, 0.3) is 0 Å². The summed E-state index contributed by atoms with van der Waals surface area (Å²) in [7, 11) is 0. The summed E-state index contributed by atoms with van der Waals surface area (Å²) in [4.78, 5) is 15.3. The molecule has 30 heavy (non-hydrogen) atoms. The third-order valence-corrected chi connectivity index (χ3v) is 4.40. The molecule has 2 aromatic carbocycles. The number of benzene rings is 2. The number of carboxylic acids is 1. The van der Waals surface area contributed by atoms with Gasteiger partial charge in [-0.3, -0.25) is 4.98 Å². The summed E-state index contributed by atoms with van der Waals surface area (Å²) >= 11 is 0. The van der Waals surface area contributed by atoms with Gasteiger partial charge in [-0.15, -0.1) is 0 Å². The normalized spacial score (nSPS) is 10.9. The van der Waals surface area contributed by atoms with Crippen LogP contribution in [0.2, 0.25) is 0 Å². The first-order valence-electron chi connectivity index (χ1n) is 8.91. The van der Waals surface area contributed by atoms with Gasteiger partial charge in [0.15, 0.2) is 0 Å². The summed E-state index contributed by atoms with van der Waals surface area (Å²) in [6.07, 6.45) is -0.323. The van der Waals surface area contributed by atoms with Crippen LogP contribution in [-0.4, -0.2) is 21.2 Å². The zero-order chi connectivity index (χ0) is 21.7. The number of alkyl halides is 3. The minimum Gasteiger partial charge on any atom is -0.508 e. The highest BCUT2D eigenvalue weighted by Gasteiger charge is 2.33. The predicted molar refractivity (Wildman–Crippen MR) is 104 cm³/mol. The summed E-state index contributed by atoms with van der Waals surface area (Å²) in [6.45, 7) is 0. The van der Waals surface area contributed by atoms with Crippen LogP contribution in [0.1, 0.15) is 38.2 Å². The van der Waals surface area contributed by atoms with Crippen molar-refractivity contribution in [1.82, 2.24) is 4.98 Å². The highest BCUT2D eigenvalue weighted by atomic mass is 19.4. The third kappa shape index (κ3) is 5.17. The Labute approximate surface area is 170 Å². The van der Waals surface area contributed by atoms with E-state index in [-0.39, 0.29) is 11.1 Å². The maximum absolute atomic E-state index is 13.2. The van der Waals surface area contributed by atoms with Gasteiger partial charge in [-0.25, -0.2) is 4.79 Å². The topological polar surface area (TPSA) is 70.4 Å². The van der Waals surface area contributed by atoms with E-state index in [1.165, 1.54) is 18.2 Å². The number of phenols is 1. The molecule has 1 heterocycles. The van der Waals surface area contributed by atoms with Crippen LogP contribution >= 0.6 is 0 Å². The average Bonchev–Trinajstić information content (AvgIpc) is 2.71. The predicted octanol–water partition coefficient (Wildman–Crippen LogP) is 4.69. The van der Waals surface area contributed by atoms with Crippen molar-refractivity contribution >= 4 is 5.97 Å². The van der Waals surface area contributed by atoms with Gasteiger partial charge in [0.1, 0.15) is 5.75 Å². The van der Waals surface area contributed by atoms with Gasteiger partial charge in [0.05, 0.1) is 11.1 Å². The van der Waals surface area contributed by atoms with Gasteiger partial charge in [-0.1, -0.05) is 17.9 Å². The number of halogens is 3. The number of aromatic carboxylic acids is 1. The Hall–Kier alpha value is -3.79. The Morgan fingerprint density at radius 3 is 2.40 bits per heavy atom. The van der Waals surface area contributed by atoms with Crippen molar-refractivity contribution in [1.29, 1.82) is 0 Å². The number of rotatable bonds is 4. The lowest BCUT2D eigenvalue weighted by molar-refractivity contribution is -0.137. The van der Waals surface area contributed by atoms with Crippen LogP contribution < -0.4 is 0 Å². The van der Waals surface area contributed by atoms with Gasteiger partial charge >= 0.3 is 12.1 Å². The number of aromatic hydroxyl groups is 1. The zero-order valence-corrected chi connectivity index (χ0v) is 15.6. The van der Waals surface area contributed by atoms with Crippen LogP contribution in [0.3, 0.4) is 0 Å². The van der Waals surface area contributed by atoms with Gasteiger partial charge in [0, 0.05) is 23.5 Å². The number of aryl methyl sites for hydroxylation is 2. The third-order valence-electron chi connectivity index (χ3n) is 4.40. The highest BCUT2D eigenvalue weighted by molar-refractivity contribution is 5.88. The Bertz CT molecular complexity index is 1130. The van der Waals surface area contributed by atoms with Crippen LogP contribution in [-0.2, 0) is 19.0 Å². The molecule has 0 aliphatic carbocycles. The molecule has 0 aliphatic rings. The van der Waals surface area contributed by atoms with E-state index in [4.69, 9.17) is 0 Å². The number of aromatic nitrogens is 1. The minimum atomic E-state index is -4.67. The highest BCUT2D eigenvalue weighted by Crippen LogP contribution is 2.33. The lowest BCUT2D eigenvalue weighted by Crippen LogP contribution is -2.07. The number of carboxylic acid groups (broad SMARTS) is 1. The summed E-state index contributed by atoms with van der Waals surface area (Å²) in [5.74, 6) is 3.63. The van der Waals surface area contributed by atoms with Crippen molar-refractivity contribution in [2.75, 3.05) is 0 Å². The zero-order valence-electron chi connectivity index (χ0n) is 15.6. The number of hydrogen-bond donors (Lipinski definition) is 2. The number of hydrogen-bond acceptors (Lipinski definition) is 3. The largest absolute Gasteiger partial charge is 0.508 e. The van der Waals surface area contributed by atoms with Crippen molar-refractivity contribution in [2.45, 2.75) is 19.0 Å². The van der Waals surface area contributed by atoms with Gasteiger partial charge in [-0.05, 0) is 66.4 Å². The van der Waals surface area contributed by atoms with Crippen LogP contribution in [0.5, 0.6) is 5.75 Å². The molecule has 0 radical (unpaired) electrons. The maximum Gasteiger partial charge on any atom is 0.417 e. The van der Waals surface area contributed by atoms with Crippen molar-refractivity contribution in [3.8, 4) is 17.6 Å². The first-order valence-corrected chi connectivity index (χ1v) is 8.91. The van der Waals surface area contributed by atoms with E-state index in [9.17, 15) is 28.2 Å². The number of phenolic OH excluding ortho intramolecular Hbond substituents is 1. The summed E-state index contributed by atoms with van der Waals surface area (Å²) in [6, 6.07) is 10.9. The molecule has 3 aromatic rings. The van der Waals surface area contributed by atoms with Crippen molar-refractivity contribution < 1.29 is 28.2 Å². The molecule has 7 heteroatoms. The van der Waals surface area contributed by atoms with Gasteiger partial charge < -0.3 is 10.2 Å². The molecule has 0 unspecified atom stereocenters. The standard InChI is InChI=1S/C23H16F3NO3/c24-23(25,26)21-13-20(28)10-9-17(21)7-5-16-6-8-19(22(29)30)12-18(16)4-3-15-2-1-11-27-14-15/h1-2,6,8-14,28H,3-4H2,(H,29,30). The molecular formula is C23H16F3NO3. The van der Waals surface area contributed by atoms with Gasteiger partial charge in [0.2, 0.25) is 0 Å². The molecule has 0 fully saturated rings. The van der Waals surface area contributed by atoms with Gasteiger partial charge in [-0.2, -0.15) is 13.2 Å². The van der Waals surface area contributed by atoms with E-state index in [0.717, 1.165) is 17.7 Å². The number of nitrogens with zero attached hydrogens (tertiary/aromatic N) is 1. The molecule has 1 aromatic heterocycles. The lowest BCUT2D eigenvalue weighted by atomic mass is 9.97. The van der Waals surface area contributed by atoms with Gasteiger partial charge in [0.25, 0.3) is 0 Å². The quantitative estimate of drug-likeness (QED) is 0.611. The minimum absolute atomic E-state index is 0.0716. The summed E-state index contributed by atoms with van der Waals surface area (Å²) in [5, 5.41) is 18.6. The Morgan fingerprint density at radius 1 is 1.00 bits per heavy atom. The fourth-order valence-electron chi connectivity index (χ4n) is 2.89. The molecule has 2 N–H and O–H groups in total. The lowest BCUT2D eigenvalue weighted by Gasteiger charge is -2.09. The molecule has 152 valence electrons. The fraction of sp³-hybridized carbons (Fsp3) is 0.130. The summed E-state index contributed by atoms with van der Waals surface area (Å²) < 4.78 is 39.7. The smallest absolute Gasteiger partial charge is 0.417 e. The molecule has 0 atom stereocenters. The average molecular weight is 411 g/mol.